The smallest absolute Gasteiger partial charge is 0.0210 e. The fourth-order valence-corrected chi connectivity index (χ4v) is 1.85. The van der Waals surface area contributed by atoms with Gasteiger partial charge < -0.3 is 11.1 Å². The third-order valence-corrected chi connectivity index (χ3v) is 2.67. The quantitative estimate of drug-likeness (QED) is 0.674. The minimum absolute atomic E-state index is 0.598. The van der Waals surface area contributed by atoms with Gasteiger partial charge in [0.25, 0.3) is 0 Å². The van der Waals surface area contributed by atoms with Gasteiger partial charge in [-0.3, -0.25) is 0 Å². The number of fused-ring (bicyclic) bond motifs is 1. The molecule has 70 valence electrons. The minimum Gasteiger partial charge on any atom is -0.326 e. The molecule has 1 aliphatic rings. The molecule has 1 unspecified atom stereocenters. The number of nitrogens with one attached hydrogen (secondary N) is 1. The molecule has 0 saturated carbocycles. The van der Waals surface area contributed by atoms with Crippen molar-refractivity contribution >= 4 is 0 Å². The standard InChI is InChI=1S/C11H16N2/c1-8-4-11-5-9(6-12)2-3-10(11)7-13-8/h2-3,5,8,13H,4,6-7,12H2,1H3. The van der Waals surface area contributed by atoms with E-state index in [-0.39, 0.29) is 0 Å². The second kappa shape index (κ2) is 3.48. The van der Waals surface area contributed by atoms with Crippen LogP contribution in [0.4, 0.5) is 0 Å². The summed E-state index contributed by atoms with van der Waals surface area (Å²) in [5.74, 6) is 0. The van der Waals surface area contributed by atoms with Crippen molar-refractivity contribution in [3.05, 3.63) is 34.9 Å². The highest BCUT2D eigenvalue weighted by Gasteiger charge is 2.13. The van der Waals surface area contributed by atoms with E-state index in [2.05, 4.69) is 30.4 Å². The molecule has 0 amide bonds. The van der Waals surface area contributed by atoms with Gasteiger partial charge in [0.1, 0.15) is 0 Å². The lowest BCUT2D eigenvalue weighted by atomic mass is 9.95. The van der Waals surface area contributed by atoms with E-state index in [0.29, 0.717) is 12.6 Å². The average molecular weight is 176 g/mol. The molecule has 1 aromatic carbocycles. The lowest BCUT2D eigenvalue weighted by Gasteiger charge is -2.23. The molecule has 0 spiro atoms. The third kappa shape index (κ3) is 1.74. The van der Waals surface area contributed by atoms with Gasteiger partial charge in [0.15, 0.2) is 0 Å². The van der Waals surface area contributed by atoms with Crippen LogP contribution in [-0.2, 0) is 19.5 Å². The molecule has 1 aromatic rings. The Morgan fingerprint density at radius 3 is 3.08 bits per heavy atom. The Hall–Kier alpha value is -0.860. The van der Waals surface area contributed by atoms with Crippen molar-refractivity contribution in [3.8, 4) is 0 Å². The van der Waals surface area contributed by atoms with Gasteiger partial charge in [-0.15, -0.1) is 0 Å². The van der Waals surface area contributed by atoms with E-state index in [9.17, 15) is 0 Å². The summed E-state index contributed by atoms with van der Waals surface area (Å²) in [6.45, 7) is 3.87. The number of nitrogens with two attached hydrogens (primary N) is 1. The first kappa shape index (κ1) is 8.73. The molecule has 13 heavy (non-hydrogen) atoms. The van der Waals surface area contributed by atoms with Crippen molar-refractivity contribution in [1.29, 1.82) is 0 Å². The van der Waals surface area contributed by atoms with Gasteiger partial charge in [-0.25, -0.2) is 0 Å². The van der Waals surface area contributed by atoms with Gasteiger partial charge in [0, 0.05) is 19.1 Å². The van der Waals surface area contributed by atoms with Crippen LogP contribution in [0.3, 0.4) is 0 Å². The molecule has 3 N–H and O–H groups in total. The summed E-state index contributed by atoms with van der Waals surface area (Å²) >= 11 is 0. The summed E-state index contributed by atoms with van der Waals surface area (Å²) in [5, 5.41) is 3.44. The summed E-state index contributed by atoms with van der Waals surface area (Å²) in [6, 6.07) is 7.15. The van der Waals surface area contributed by atoms with Crippen LogP contribution in [0.5, 0.6) is 0 Å². The first-order valence-corrected chi connectivity index (χ1v) is 4.83. The Morgan fingerprint density at radius 2 is 2.31 bits per heavy atom. The maximum absolute atomic E-state index is 5.60. The normalized spacial score (nSPS) is 21.2. The van der Waals surface area contributed by atoms with E-state index in [1.807, 2.05) is 0 Å². The maximum atomic E-state index is 5.60. The van der Waals surface area contributed by atoms with Gasteiger partial charge in [0.05, 0.1) is 0 Å². The third-order valence-electron chi connectivity index (χ3n) is 2.67. The van der Waals surface area contributed by atoms with Crippen LogP contribution in [0.15, 0.2) is 18.2 Å². The molecule has 0 aromatic heterocycles. The fraction of sp³-hybridized carbons (Fsp3) is 0.455. The number of rotatable bonds is 1. The van der Waals surface area contributed by atoms with Gasteiger partial charge >= 0.3 is 0 Å². The molecule has 1 aliphatic heterocycles. The van der Waals surface area contributed by atoms with E-state index in [1.54, 1.807) is 0 Å². The van der Waals surface area contributed by atoms with E-state index in [0.717, 1.165) is 13.0 Å². The fourth-order valence-electron chi connectivity index (χ4n) is 1.85. The van der Waals surface area contributed by atoms with Crippen molar-refractivity contribution in [3.63, 3.8) is 0 Å². The van der Waals surface area contributed by atoms with Gasteiger partial charge in [-0.1, -0.05) is 18.2 Å². The van der Waals surface area contributed by atoms with E-state index in [4.69, 9.17) is 5.73 Å². The zero-order valence-corrected chi connectivity index (χ0v) is 8.01. The van der Waals surface area contributed by atoms with Crippen LogP contribution in [0.2, 0.25) is 0 Å². The highest BCUT2D eigenvalue weighted by atomic mass is 14.9. The van der Waals surface area contributed by atoms with Crippen LogP contribution < -0.4 is 11.1 Å². The summed E-state index contributed by atoms with van der Waals surface area (Å²) in [6.07, 6.45) is 1.13. The minimum atomic E-state index is 0.598. The lowest BCUT2D eigenvalue weighted by molar-refractivity contribution is 0.513. The molecule has 0 saturated heterocycles. The van der Waals surface area contributed by atoms with Crippen LogP contribution in [-0.4, -0.2) is 6.04 Å². The predicted octanol–water partition coefficient (Wildman–Crippen LogP) is 1.18. The monoisotopic (exact) mass is 176 g/mol. The molecule has 2 heteroatoms. The Labute approximate surface area is 79.1 Å². The molecular weight excluding hydrogens is 160 g/mol. The Bertz CT molecular complexity index is 307. The Morgan fingerprint density at radius 1 is 1.46 bits per heavy atom. The average Bonchev–Trinajstić information content (AvgIpc) is 2.16. The zero-order valence-electron chi connectivity index (χ0n) is 8.01. The predicted molar refractivity (Wildman–Crippen MR) is 54.3 cm³/mol. The largest absolute Gasteiger partial charge is 0.326 e. The van der Waals surface area contributed by atoms with Crippen molar-refractivity contribution < 1.29 is 0 Å². The van der Waals surface area contributed by atoms with Crippen LogP contribution in [0.1, 0.15) is 23.6 Å². The molecule has 1 atom stereocenters. The second-order valence-electron chi connectivity index (χ2n) is 3.79. The molecule has 2 nitrogen and oxygen atoms in total. The molecule has 0 bridgehead atoms. The van der Waals surface area contributed by atoms with Gasteiger partial charge in [-0.05, 0) is 30.0 Å². The first-order chi connectivity index (χ1) is 6.29. The number of benzene rings is 1. The maximum Gasteiger partial charge on any atom is 0.0210 e. The Balaban J connectivity index is 2.32. The van der Waals surface area contributed by atoms with E-state index >= 15 is 0 Å². The topological polar surface area (TPSA) is 38.0 Å². The highest BCUT2D eigenvalue weighted by molar-refractivity contribution is 5.34. The van der Waals surface area contributed by atoms with Crippen LogP contribution in [0.25, 0.3) is 0 Å². The molecule has 2 rings (SSSR count). The molecular formula is C11H16N2. The van der Waals surface area contributed by atoms with E-state index in [1.165, 1.54) is 16.7 Å². The van der Waals surface area contributed by atoms with Crippen LogP contribution in [0, 0.1) is 0 Å². The van der Waals surface area contributed by atoms with Crippen molar-refractivity contribution in [2.24, 2.45) is 5.73 Å². The zero-order chi connectivity index (χ0) is 9.26. The number of hydrogen-bond acceptors (Lipinski definition) is 2. The molecule has 1 heterocycles. The van der Waals surface area contributed by atoms with Gasteiger partial charge in [0.2, 0.25) is 0 Å². The summed E-state index contributed by atoms with van der Waals surface area (Å²) < 4.78 is 0. The highest BCUT2D eigenvalue weighted by Crippen LogP contribution is 2.18. The molecule has 0 radical (unpaired) electrons. The summed E-state index contributed by atoms with van der Waals surface area (Å²) in [7, 11) is 0. The molecule has 0 aliphatic carbocycles. The molecule has 0 fully saturated rings. The lowest BCUT2D eigenvalue weighted by Crippen LogP contribution is -2.32. The first-order valence-electron chi connectivity index (χ1n) is 4.83. The van der Waals surface area contributed by atoms with Crippen molar-refractivity contribution in [1.82, 2.24) is 5.32 Å². The van der Waals surface area contributed by atoms with E-state index < -0.39 is 0 Å². The second-order valence-corrected chi connectivity index (χ2v) is 3.79. The van der Waals surface area contributed by atoms with Crippen molar-refractivity contribution in [2.45, 2.75) is 32.5 Å². The van der Waals surface area contributed by atoms with Crippen molar-refractivity contribution in [2.75, 3.05) is 0 Å². The summed E-state index contributed by atoms with van der Waals surface area (Å²) in [4.78, 5) is 0. The SMILES string of the molecule is CC1Cc2cc(CN)ccc2CN1. The van der Waals surface area contributed by atoms with Crippen LogP contribution >= 0.6 is 0 Å². The summed E-state index contributed by atoms with van der Waals surface area (Å²) in [5.41, 5.74) is 9.74. The number of hydrogen-bond donors (Lipinski definition) is 2. The van der Waals surface area contributed by atoms with Gasteiger partial charge in [-0.2, -0.15) is 0 Å². The Kier molecular flexibility index (Phi) is 2.34.